The van der Waals surface area contributed by atoms with E-state index < -0.39 is 0 Å². The Bertz CT molecular complexity index is 797. The van der Waals surface area contributed by atoms with E-state index >= 15 is 0 Å². The van der Waals surface area contributed by atoms with Gasteiger partial charge in [-0.2, -0.15) is 4.98 Å². The van der Waals surface area contributed by atoms with Gasteiger partial charge in [0, 0.05) is 18.9 Å². The molecule has 3 rings (SSSR count). The van der Waals surface area contributed by atoms with Crippen molar-refractivity contribution in [2.45, 2.75) is 26.7 Å². The van der Waals surface area contributed by atoms with Crippen molar-refractivity contribution in [1.82, 2.24) is 20.3 Å². The molecule has 7 heteroatoms. The number of nitrogens with one attached hydrogen (secondary N) is 3. The van der Waals surface area contributed by atoms with Crippen molar-refractivity contribution in [2.75, 3.05) is 12.4 Å². The monoisotopic (exact) mass is 341 g/mol. The minimum Gasteiger partial charge on any atom is -0.437 e. The Morgan fingerprint density at radius 3 is 2.48 bits per heavy atom. The molecule has 2 heterocycles. The molecule has 3 aromatic rings. The average molecular weight is 341 g/mol. The standard InChI is InChI=1S/C14H13N5O2.C4H10/c1-15-14(20)19-9-2-4-10(5-3-9)21-13-12-11(6-7-16-12)17-8-18-13;1-3-4-2/h2-8,16H,1H3,(H2,15,19,20);3-4H2,1-2H3. The highest BCUT2D eigenvalue weighted by Crippen LogP contribution is 2.26. The van der Waals surface area contributed by atoms with E-state index in [1.165, 1.54) is 19.2 Å². The van der Waals surface area contributed by atoms with Crippen molar-refractivity contribution in [1.29, 1.82) is 0 Å². The molecule has 0 fully saturated rings. The van der Waals surface area contributed by atoms with Crippen molar-refractivity contribution >= 4 is 22.8 Å². The van der Waals surface area contributed by atoms with Crippen LogP contribution in [0.25, 0.3) is 11.0 Å². The molecule has 0 unspecified atom stereocenters. The van der Waals surface area contributed by atoms with E-state index in [0.29, 0.717) is 17.3 Å². The molecule has 0 aliphatic rings. The highest BCUT2D eigenvalue weighted by molar-refractivity contribution is 5.89. The van der Waals surface area contributed by atoms with E-state index in [1.807, 2.05) is 6.07 Å². The van der Waals surface area contributed by atoms with Crippen molar-refractivity contribution in [3.63, 3.8) is 0 Å². The van der Waals surface area contributed by atoms with Crippen LogP contribution in [0.15, 0.2) is 42.9 Å². The summed E-state index contributed by atoms with van der Waals surface area (Å²) in [5, 5.41) is 5.15. The average Bonchev–Trinajstić information content (AvgIpc) is 3.13. The van der Waals surface area contributed by atoms with Gasteiger partial charge < -0.3 is 20.4 Å². The molecule has 0 atom stereocenters. The highest BCUT2D eigenvalue weighted by Gasteiger charge is 2.07. The van der Waals surface area contributed by atoms with Crippen LogP contribution < -0.4 is 15.4 Å². The lowest BCUT2D eigenvalue weighted by Crippen LogP contribution is -2.24. The van der Waals surface area contributed by atoms with E-state index in [0.717, 1.165) is 11.0 Å². The zero-order valence-electron chi connectivity index (χ0n) is 14.7. The zero-order valence-corrected chi connectivity index (χ0v) is 14.7. The summed E-state index contributed by atoms with van der Waals surface area (Å²) in [5.74, 6) is 1.07. The number of unbranched alkanes of at least 4 members (excludes halogenated alkanes) is 1. The second kappa shape index (κ2) is 9.27. The Morgan fingerprint density at radius 2 is 1.84 bits per heavy atom. The predicted octanol–water partition coefficient (Wildman–Crippen LogP) is 4.31. The first-order valence-electron chi connectivity index (χ1n) is 8.22. The van der Waals surface area contributed by atoms with Gasteiger partial charge in [0.25, 0.3) is 0 Å². The van der Waals surface area contributed by atoms with E-state index in [-0.39, 0.29) is 6.03 Å². The molecule has 2 aromatic heterocycles. The molecule has 1 aromatic carbocycles. The normalized spacial score (nSPS) is 9.88. The number of hydrogen-bond acceptors (Lipinski definition) is 4. The van der Waals surface area contributed by atoms with Crippen LogP contribution in [-0.4, -0.2) is 28.0 Å². The molecule has 0 aliphatic heterocycles. The van der Waals surface area contributed by atoms with Crippen LogP contribution in [0.4, 0.5) is 10.5 Å². The lowest BCUT2D eigenvalue weighted by Gasteiger charge is -2.07. The maximum absolute atomic E-state index is 11.2. The first kappa shape index (κ1) is 18.3. The van der Waals surface area contributed by atoms with Gasteiger partial charge in [0.2, 0.25) is 5.88 Å². The molecule has 7 nitrogen and oxygen atoms in total. The molecule has 0 saturated heterocycles. The molecule has 3 N–H and O–H groups in total. The summed E-state index contributed by atoms with van der Waals surface area (Å²) in [6, 6.07) is 8.58. The molecule has 0 radical (unpaired) electrons. The Labute approximate surface area is 146 Å². The van der Waals surface area contributed by atoms with Gasteiger partial charge in [0.1, 0.15) is 17.6 Å². The summed E-state index contributed by atoms with van der Waals surface area (Å²) in [4.78, 5) is 22.5. The molecule has 0 aliphatic carbocycles. The molecular weight excluding hydrogens is 318 g/mol. The van der Waals surface area contributed by atoms with E-state index in [9.17, 15) is 4.79 Å². The Hall–Kier alpha value is -3.09. The van der Waals surface area contributed by atoms with Gasteiger partial charge in [0.05, 0.1) is 5.52 Å². The van der Waals surface area contributed by atoms with Crippen molar-refractivity contribution in [2.24, 2.45) is 0 Å². The number of amides is 2. The van der Waals surface area contributed by atoms with E-state index in [4.69, 9.17) is 4.74 Å². The van der Waals surface area contributed by atoms with Gasteiger partial charge in [-0.05, 0) is 30.3 Å². The number of urea groups is 1. The number of carbonyl (C=O) groups is 1. The zero-order chi connectivity index (χ0) is 18.1. The van der Waals surface area contributed by atoms with Crippen molar-refractivity contribution in [3.8, 4) is 11.6 Å². The first-order valence-corrected chi connectivity index (χ1v) is 8.22. The predicted molar refractivity (Wildman–Crippen MR) is 99.1 cm³/mol. The number of anilines is 1. The Kier molecular flexibility index (Phi) is 6.76. The van der Waals surface area contributed by atoms with Crippen LogP contribution in [0.3, 0.4) is 0 Å². The quantitative estimate of drug-likeness (QED) is 0.659. The van der Waals surface area contributed by atoms with Gasteiger partial charge in [-0.15, -0.1) is 0 Å². The van der Waals surface area contributed by atoms with E-state index in [2.05, 4.69) is 39.4 Å². The number of benzene rings is 1. The summed E-state index contributed by atoms with van der Waals surface area (Å²) in [5.41, 5.74) is 2.21. The number of ether oxygens (including phenoxy) is 1. The Balaban J connectivity index is 0.000000511. The molecule has 0 spiro atoms. The third-order valence-electron chi connectivity index (χ3n) is 3.36. The summed E-state index contributed by atoms with van der Waals surface area (Å²) in [6.07, 6.45) is 5.87. The third kappa shape index (κ3) is 5.20. The van der Waals surface area contributed by atoms with Crippen molar-refractivity contribution in [3.05, 3.63) is 42.9 Å². The number of aromatic nitrogens is 3. The third-order valence-corrected chi connectivity index (χ3v) is 3.36. The largest absolute Gasteiger partial charge is 0.437 e. The van der Waals surface area contributed by atoms with Crippen molar-refractivity contribution < 1.29 is 9.53 Å². The van der Waals surface area contributed by atoms with E-state index in [1.54, 1.807) is 37.5 Å². The minimum absolute atomic E-state index is 0.271. The molecular formula is C18H23N5O2. The lowest BCUT2D eigenvalue weighted by atomic mass is 10.3. The van der Waals surface area contributed by atoms with Gasteiger partial charge >= 0.3 is 6.03 Å². The van der Waals surface area contributed by atoms with Crippen LogP contribution in [0, 0.1) is 0 Å². The Morgan fingerprint density at radius 1 is 1.12 bits per heavy atom. The number of rotatable bonds is 4. The topological polar surface area (TPSA) is 91.9 Å². The SMILES string of the molecule is CCCC.CNC(=O)Nc1ccc(Oc2ncnc3cc[nH]c23)cc1. The van der Waals surface area contributed by atoms with Gasteiger partial charge in [-0.1, -0.05) is 26.7 Å². The van der Waals surface area contributed by atoms with Crippen LogP contribution in [0.5, 0.6) is 11.6 Å². The number of H-pyrrole nitrogens is 1. The maximum Gasteiger partial charge on any atom is 0.318 e. The van der Waals surface area contributed by atoms with Gasteiger partial charge in [-0.25, -0.2) is 9.78 Å². The smallest absolute Gasteiger partial charge is 0.318 e. The maximum atomic E-state index is 11.2. The molecule has 132 valence electrons. The number of nitrogens with zero attached hydrogens (tertiary/aromatic N) is 2. The van der Waals surface area contributed by atoms with Crippen LogP contribution >= 0.6 is 0 Å². The van der Waals surface area contributed by atoms with Crippen LogP contribution in [0.2, 0.25) is 0 Å². The summed E-state index contributed by atoms with van der Waals surface area (Å²) in [6.45, 7) is 4.36. The fourth-order valence-electron chi connectivity index (χ4n) is 1.84. The number of fused-ring (bicyclic) bond motifs is 1. The van der Waals surface area contributed by atoms with Gasteiger partial charge in [0.15, 0.2) is 0 Å². The second-order valence-electron chi connectivity index (χ2n) is 5.25. The molecule has 25 heavy (non-hydrogen) atoms. The molecule has 2 amide bonds. The summed E-state index contributed by atoms with van der Waals surface area (Å²) >= 11 is 0. The minimum atomic E-state index is -0.271. The first-order chi connectivity index (χ1) is 12.2. The number of carbonyl (C=O) groups excluding carboxylic acids is 1. The number of hydrogen-bond donors (Lipinski definition) is 3. The van der Waals surface area contributed by atoms with Crippen LogP contribution in [-0.2, 0) is 0 Å². The molecule has 0 saturated carbocycles. The van der Waals surface area contributed by atoms with Gasteiger partial charge in [-0.3, -0.25) is 0 Å². The lowest BCUT2D eigenvalue weighted by molar-refractivity contribution is 0.254. The van der Waals surface area contributed by atoms with Crippen LogP contribution in [0.1, 0.15) is 26.7 Å². The fraction of sp³-hybridized carbons (Fsp3) is 0.278. The highest BCUT2D eigenvalue weighted by atomic mass is 16.5. The second-order valence-corrected chi connectivity index (χ2v) is 5.25. The molecule has 0 bridgehead atoms. The fourth-order valence-corrected chi connectivity index (χ4v) is 1.84. The summed E-state index contributed by atoms with van der Waals surface area (Å²) < 4.78 is 5.73. The summed E-state index contributed by atoms with van der Waals surface area (Å²) in [7, 11) is 1.56. The number of aromatic amines is 1.